The van der Waals surface area contributed by atoms with E-state index in [0.717, 1.165) is 55.6 Å². The molecule has 2 aliphatic rings. The molecule has 3 heterocycles. The van der Waals surface area contributed by atoms with Crippen LogP contribution in [0.2, 0.25) is 5.02 Å². The number of fused-ring (bicyclic) bond motifs is 1. The fraction of sp³-hybridized carbons (Fsp3) is 0.550. The van der Waals surface area contributed by atoms with Crippen LogP contribution in [0.3, 0.4) is 0 Å². The van der Waals surface area contributed by atoms with E-state index in [1.807, 2.05) is 24.4 Å². The number of H-pyrrole nitrogens is 1. The van der Waals surface area contributed by atoms with Crippen molar-refractivity contribution in [3.05, 3.63) is 35.0 Å². The van der Waals surface area contributed by atoms with Crippen molar-refractivity contribution in [3.8, 4) is 0 Å². The van der Waals surface area contributed by atoms with Crippen LogP contribution in [0, 0.1) is 0 Å². The van der Waals surface area contributed by atoms with Crippen LogP contribution in [0.15, 0.2) is 24.4 Å². The molecule has 1 aromatic carbocycles. The smallest absolute Gasteiger partial charge is 0.224 e. The number of rotatable bonds is 5. The Morgan fingerprint density at radius 1 is 1.27 bits per heavy atom. The van der Waals surface area contributed by atoms with Gasteiger partial charge in [0.05, 0.1) is 6.42 Å². The zero-order valence-corrected chi connectivity index (χ0v) is 15.8. The topological polar surface area (TPSA) is 57.4 Å². The van der Waals surface area contributed by atoms with E-state index in [1.165, 1.54) is 12.8 Å². The molecule has 0 spiro atoms. The van der Waals surface area contributed by atoms with Crippen molar-refractivity contribution in [2.24, 2.45) is 0 Å². The third kappa shape index (κ3) is 3.61. The second kappa shape index (κ2) is 7.59. The molecule has 0 unspecified atom stereocenters. The molecule has 2 saturated heterocycles. The summed E-state index contributed by atoms with van der Waals surface area (Å²) in [5.74, 6) is 0.0749. The van der Waals surface area contributed by atoms with E-state index in [9.17, 15) is 4.79 Å². The lowest BCUT2D eigenvalue weighted by Crippen LogP contribution is -2.57. The van der Waals surface area contributed by atoms with Crippen LogP contribution in [0.4, 0.5) is 0 Å². The SMILES string of the molecule is O=C(Cc1c[nH]c2cc(Cl)ccc12)NCC1(N2CCCC2)CCOCC1. The molecule has 0 atom stereocenters. The highest BCUT2D eigenvalue weighted by atomic mass is 35.5. The number of carbonyl (C=O) groups is 1. The zero-order valence-electron chi connectivity index (χ0n) is 15.0. The van der Waals surface area contributed by atoms with Gasteiger partial charge in [-0.1, -0.05) is 17.7 Å². The minimum atomic E-state index is 0.0676. The highest BCUT2D eigenvalue weighted by molar-refractivity contribution is 6.31. The summed E-state index contributed by atoms with van der Waals surface area (Å²) >= 11 is 6.03. The first-order valence-electron chi connectivity index (χ1n) is 9.51. The molecular formula is C20H26ClN3O2. The van der Waals surface area contributed by atoms with Gasteiger partial charge in [0.2, 0.25) is 5.91 Å². The van der Waals surface area contributed by atoms with Gasteiger partial charge < -0.3 is 15.0 Å². The van der Waals surface area contributed by atoms with Gasteiger partial charge in [0.15, 0.2) is 0 Å². The molecule has 26 heavy (non-hydrogen) atoms. The van der Waals surface area contributed by atoms with E-state index >= 15 is 0 Å². The van der Waals surface area contributed by atoms with Gasteiger partial charge in [-0.3, -0.25) is 9.69 Å². The molecule has 1 amide bonds. The van der Waals surface area contributed by atoms with Gasteiger partial charge in [0.1, 0.15) is 0 Å². The van der Waals surface area contributed by atoms with Crippen molar-refractivity contribution in [3.63, 3.8) is 0 Å². The number of ether oxygens (including phenoxy) is 1. The number of hydrogen-bond donors (Lipinski definition) is 2. The number of amides is 1. The highest BCUT2D eigenvalue weighted by Crippen LogP contribution is 2.31. The summed E-state index contributed by atoms with van der Waals surface area (Å²) in [5.41, 5.74) is 2.05. The second-order valence-corrected chi connectivity index (χ2v) is 7.92. The van der Waals surface area contributed by atoms with E-state index in [4.69, 9.17) is 16.3 Å². The van der Waals surface area contributed by atoms with Crippen LogP contribution >= 0.6 is 11.6 Å². The molecule has 1 aromatic heterocycles. The summed E-state index contributed by atoms with van der Waals surface area (Å²) in [6, 6.07) is 5.73. The van der Waals surface area contributed by atoms with Gasteiger partial charge in [-0.2, -0.15) is 0 Å². The minimum Gasteiger partial charge on any atom is -0.381 e. The Labute approximate surface area is 159 Å². The Kier molecular flexibility index (Phi) is 5.20. The lowest BCUT2D eigenvalue weighted by molar-refractivity contribution is -0.121. The molecule has 4 rings (SSSR count). The predicted octanol–water partition coefficient (Wildman–Crippen LogP) is 3.13. The quantitative estimate of drug-likeness (QED) is 0.844. The van der Waals surface area contributed by atoms with E-state index in [0.29, 0.717) is 18.0 Å². The molecule has 0 saturated carbocycles. The van der Waals surface area contributed by atoms with Crippen LogP contribution in [-0.4, -0.2) is 54.2 Å². The van der Waals surface area contributed by atoms with Crippen LogP contribution < -0.4 is 5.32 Å². The summed E-state index contributed by atoms with van der Waals surface area (Å²) in [7, 11) is 0. The van der Waals surface area contributed by atoms with Gasteiger partial charge in [-0.05, 0) is 56.5 Å². The normalized spacial score (nSPS) is 20.5. The van der Waals surface area contributed by atoms with Gasteiger partial charge in [0.25, 0.3) is 0 Å². The number of likely N-dealkylation sites (tertiary alicyclic amines) is 1. The number of nitrogens with zero attached hydrogens (tertiary/aromatic N) is 1. The number of carbonyl (C=O) groups excluding carboxylic acids is 1. The predicted molar refractivity (Wildman–Crippen MR) is 104 cm³/mol. The minimum absolute atomic E-state index is 0.0676. The number of hydrogen-bond acceptors (Lipinski definition) is 3. The lowest BCUT2D eigenvalue weighted by atomic mass is 9.88. The summed E-state index contributed by atoms with van der Waals surface area (Å²) in [6.45, 7) is 4.56. The fourth-order valence-electron chi connectivity index (χ4n) is 4.35. The molecule has 6 heteroatoms. The Hall–Kier alpha value is -1.56. The molecule has 0 radical (unpaired) electrons. The largest absolute Gasteiger partial charge is 0.381 e. The van der Waals surface area contributed by atoms with Crippen LogP contribution in [-0.2, 0) is 16.0 Å². The van der Waals surface area contributed by atoms with Crippen LogP contribution in [0.1, 0.15) is 31.2 Å². The van der Waals surface area contributed by atoms with E-state index in [1.54, 1.807) is 0 Å². The third-order valence-corrected chi connectivity index (χ3v) is 6.13. The van der Waals surface area contributed by atoms with E-state index in [2.05, 4.69) is 15.2 Å². The van der Waals surface area contributed by atoms with Crippen LogP contribution in [0.5, 0.6) is 0 Å². The molecular weight excluding hydrogens is 350 g/mol. The zero-order chi connectivity index (χ0) is 18.0. The molecule has 0 bridgehead atoms. The average Bonchev–Trinajstić information content (AvgIpc) is 3.31. The maximum absolute atomic E-state index is 12.6. The van der Waals surface area contributed by atoms with Crippen molar-refractivity contribution in [2.75, 3.05) is 32.8 Å². The average molecular weight is 376 g/mol. The molecule has 5 nitrogen and oxygen atoms in total. The fourth-order valence-corrected chi connectivity index (χ4v) is 4.52. The number of halogens is 1. The third-order valence-electron chi connectivity index (χ3n) is 5.90. The van der Waals surface area contributed by atoms with Crippen molar-refractivity contribution in [2.45, 2.75) is 37.6 Å². The van der Waals surface area contributed by atoms with Gasteiger partial charge in [-0.15, -0.1) is 0 Å². The van der Waals surface area contributed by atoms with E-state index < -0.39 is 0 Å². The highest BCUT2D eigenvalue weighted by Gasteiger charge is 2.39. The Morgan fingerprint density at radius 3 is 2.81 bits per heavy atom. The summed E-state index contributed by atoms with van der Waals surface area (Å²) in [6.07, 6.45) is 6.81. The molecule has 0 aliphatic carbocycles. The molecule has 2 fully saturated rings. The number of benzene rings is 1. The molecule has 140 valence electrons. The van der Waals surface area contributed by atoms with Crippen LogP contribution in [0.25, 0.3) is 10.9 Å². The molecule has 2 N–H and O–H groups in total. The van der Waals surface area contributed by atoms with E-state index in [-0.39, 0.29) is 11.4 Å². The van der Waals surface area contributed by atoms with Gasteiger partial charge in [-0.25, -0.2) is 0 Å². The van der Waals surface area contributed by atoms with Gasteiger partial charge >= 0.3 is 0 Å². The second-order valence-electron chi connectivity index (χ2n) is 7.49. The maximum atomic E-state index is 12.6. The Bertz CT molecular complexity index is 776. The Balaban J connectivity index is 1.41. The first kappa shape index (κ1) is 17.8. The molecule has 2 aromatic rings. The number of aromatic nitrogens is 1. The lowest BCUT2D eigenvalue weighted by Gasteiger charge is -2.44. The van der Waals surface area contributed by atoms with Crippen molar-refractivity contribution in [1.82, 2.24) is 15.2 Å². The van der Waals surface area contributed by atoms with Crippen molar-refractivity contribution < 1.29 is 9.53 Å². The van der Waals surface area contributed by atoms with Gasteiger partial charge in [0, 0.05) is 47.4 Å². The number of aromatic amines is 1. The first-order chi connectivity index (χ1) is 12.7. The first-order valence-corrected chi connectivity index (χ1v) is 9.89. The monoisotopic (exact) mass is 375 g/mol. The van der Waals surface area contributed by atoms with Crippen molar-refractivity contribution >= 4 is 28.4 Å². The maximum Gasteiger partial charge on any atom is 0.224 e. The Morgan fingerprint density at radius 2 is 2.04 bits per heavy atom. The standard InChI is InChI=1S/C20H26ClN3O2/c21-16-3-4-17-15(13-22-18(17)12-16)11-19(25)23-14-20(5-9-26-10-6-20)24-7-1-2-8-24/h3-4,12-13,22H,1-2,5-11,14H2,(H,23,25). The summed E-state index contributed by atoms with van der Waals surface area (Å²) in [5, 5.41) is 4.97. The molecule has 2 aliphatic heterocycles. The van der Waals surface area contributed by atoms with Crippen molar-refractivity contribution in [1.29, 1.82) is 0 Å². The number of nitrogens with one attached hydrogen (secondary N) is 2. The summed E-state index contributed by atoms with van der Waals surface area (Å²) in [4.78, 5) is 18.4. The summed E-state index contributed by atoms with van der Waals surface area (Å²) < 4.78 is 5.58.